The van der Waals surface area contributed by atoms with Crippen LogP contribution in [-0.2, 0) is 14.3 Å². The van der Waals surface area contributed by atoms with E-state index in [1.54, 1.807) is 0 Å². The van der Waals surface area contributed by atoms with Crippen molar-refractivity contribution in [2.45, 2.75) is 44.6 Å². The molecule has 0 bridgehead atoms. The first kappa shape index (κ1) is 12.9. The van der Waals surface area contributed by atoms with Gasteiger partial charge in [0.25, 0.3) is 5.91 Å². The van der Waals surface area contributed by atoms with E-state index >= 15 is 0 Å². The molecule has 1 aliphatic heterocycles. The molecule has 0 aromatic carbocycles. The predicted molar refractivity (Wildman–Crippen MR) is 64.8 cm³/mol. The van der Waals surface area contributed by atoms with Gasteiger partial charge in [-0.3, -0.25) is 4.79 Å². The molecule has 1 saturated carbocycles. The van der Waals surface area contributed by atoms with Crippen molar-refractivity contribution in [2.75, 3.05) is 7.11 Å². The fourth-order valence-electron chi connectivity index (χ4n) is 2.87. The summed E-state index contributed by atoms with van der Waals surface area (Å²) >= 11 is 0. The first-order valence-electron chi connectivity index (χ1n) is 6.44. The number of esters is 1. The molecule has 5 heteroatoms. The lowest BCUT2D eigenvalue weighted by Gasteiger charge is -2.33. The molecule has 100 valence electrons. The summed E-state index contributed by atoms with van der Waals surface area (Å²) in [7, 11) is 1.20. The molecule has 0 spiro atoms. The van der Waals surface area contributed by atoms with Crippen molar-refractivity contribution in [3.05, 3.63) is 11.3 Å². The third-order valence-electron chi connectivity index (χ3n) is 3.85. The summed E-state index contributed by atoms with van der Waals surface area (Å²) in [4.78, 5) is 23.2. The Balaban J connectivity index is 2.11. The van der Waals surface area contributed by atoms with Gasteiger partial charge >= 0.3 is 5.97 Å². The summed E-state index contributed by atoms with van der Waals surface area (Å²) in [6, 6.07) is -0.0498. The van der Waals surface area contributed by atoms with Gasteiger partial charge in [0, 0.05) is 12.5 Å². The van der Waals surface area contributed by atoms with Crippen LogP contribution in [0.1, 0.15) is 38.5 Å². The lowest BCUT2D eigenvalue weighted by molar-refractivity contribution is -0.139. The Morgan fingerprint density at radius 1 is 1.33 bits per heavy atom. The molecule has 2 rings (SSSR count). The second-order valence-corrected chi connectivity index (χ2v) is 5.00. The van der Waals surface area contributed by atoms with Crippen molar-refractivity contribution in [2.24, 2.45) is 5.92 Å². The predicted octanol–water partition coefficient (Wildman–Crippen LogP) is 1.44. The fourth-order valence-corrected chi connectivity index (χ4v) is 2.87. The van der Waals surface area contributed by atoms with Gasteiger partial charge in [-0.15, -0.1) is 0 Å². The van der Waals surface area contributed by atoms with E-state index < -0.39 is 11.9 Å². The maximum atomic E-state index is 11.8. The van der Waals surface area contributed by atoms with E-state index in [1.807, 2.05) is 0 Å². The van der Waals surface area contributed by atoms with Gasteiger partial charge in [0.2, 0.25) is 0 Å². The highest BCUT2D eigenvalue weighted by atomic mass is 16.5. The highest BCUT2D eigenvalue weighted by molar-refractivity contribution is 6.17. The zero-order valence-corrected chi connectivity index (χ0v) is 10.6. The van der Waals surface area contributed by atoms with Crippen molar-refractivity contribution in [3.63, 3.8) is 0 Å². The van der Waals surface area contributed by atoms with Gasteiger partial charge in [-0.05, 0) is 18.8 Å². The van der Waals surface area contributed by atoms with E-state index in [4.69, 9.17) is 0 Å². The molecular formula is C13H19NO4. The van der Waals surface area contributed by atoms with Gasteiger partial charge < -0.3 is 15.2 Å². The topological polar surface area (TPSA) is 75.6 Å². The molecule has 18 heavy (non-hydrogen) atoms. The van der Waals surface area contributed by atoms with Crippen LogP contribution in [0.3, 0.4) is 0 Å². The molecule has 1 atom stereocenters. The number of aliphatic hydroxyl groups is 1. The molecule has 1 fully saturated rings. The van der Waals surface area contributed by atoms with Crippen LogP contribution < -0.4 is 5.32 Å². The lowest BCUT2D eigenvalue weighted by atomic mass is 9.81. The fraction of sp³-hybridized carbons (Fsp3) is 0.692. The molecule has 5 nitrogen and oxygen atoms in total. The Bertz CT molecular complexity index is 382. The summed E-state index contributed by atoms with van der Waals surface area (Å²) in [5.41, 5.74) is -0.246. The Hall–Kier alpha value is -1.52. The SMILES string of the molecule is COC(=O)C1=C(O)C[C@H](C2CCCCC2)NC1=O. The highest BCUT2D eigenvalue weighted by Gasteiger charge is 2.35. The quantitative estimate of drug-likeness (QED) is 0.577. The second-order valence-electron chi connectivity index (χ2n) is 5.00. The maximum Gasteiger partial charge on any atom is 0.346 e. The van der Waals surface area contributed by atoms with Crippen LogP contribution in [0.15, 0.2) is 11.3 Å². The molecule has 0 radical (unpaired) electrons. The molecule has 0 aromatic rings. The molecule has 0 saturated heterocycles. The van der Waals surface area contributed by atoms with Crippen molar-refractivity contribution in [1.29, 1.82) is 0 Å². The second kappa shape index (κ2) is 5.42. The summed E-state index contributed by atoms with van der Waals surface area (Å²) in [6.07, 6.45) is 6.07. The number of nitrogens with one attached hydrogen (secondary N) is 1. The summed E-state index contributed by atoms with van der Waals surface area (Å²) in [6.45, 7) is 0. The maximum absolute atomic E-state index is 11.8. The van der Waals surface area contributed by atoms with Crippen molar-refractivity contribution in [1.82, 2.24) is 5.32 Å². The van der Waals surface area contributed by atoms with Crippen LogP contribution in [0.4, 0.5) is 0 Å². The number of carbonyl (C=O) groups is 2. The zero-order chi connectivity index (χ0) is 13.1. The van der Waals surface area contributed by atoms with Crippen LogP contribution in [0.5, 0.6) is 0 Å². The van der Waals surface area contributed by atoms with Crippen LogP contribution in [-0.4, -0.2) is 30.1 Å². The molecule has 2 aliphatic rings. The minimum Gasteiger partial charge on any atom is -0.511 e. The van der Waals surface area contributed by atoms with E-state index in [0.717, 1.165) is 12.8 Å². The average molecular weight is 253 g/mol. The van der Waals surface area contributed by atoms with E-state index in [-0.39, 0.29) is 17.4 Å². The number of hydrogen-bond acceptors (Lipinski definition) is 4. The third kappa shape index (κ3) is 2.49. The standard InChI is InChI=1S/C13H19NO4/c1-18-13(17)11-10(15)7-9(14-12(11)16)8-5-3-2-4-6-8/h8-9,15H,2-7H2,1H3,(H,14,16)/t9-/m1/s1. The van der Waals surface area contributed by atoms with E-state index in [0.29, 0.717) is 12.3 Å². The summed E-state index contributed by atoms with van der Waals surface area (Å²) in [5.74, 6) is -1.02. The summed E-state index contributed by atoms with van der Waals surface area (Å²) < 4.78 is 4.49. The van der Waals surface area contributed by atoms with E-state index in [9.17, 15) is 14.7 Å². The number of ether oxygens (including phenoxy) is 1. The number of rotatable bonds is 2. The van der Waals surface area contributed by atoms with Gasteiger partial charge in [-0.2, -0.15) is 0 Å². The van der Waals surface area contributed by atoms with Gasteiger partial charge in [-0.1, -0.05) is 19.3 Å². The molecule has 1 amide bonds. The number of aliphatic hydroxyl groups excluding tert-OH is 1. The van der Waals surface area contributed by atoms with Gasteiger partial charge in [0.1, 0.15) is 5.76 Å². The summed E-state index contributed by atoms with van der Waals surface area (Å²) in [5, 5.41) is 12.7. The normalized spacial score (nSPS) is 25.8. The zero-order valence-electron chi connectivity index (χ0n) is 10.6. The van der Waals surface area contributed by atoms with Crippen molar-refractivity contribution < 1.29 is 19.4 Å². The van der Waals surface area contributed by atoms with Gasteiger partial charge in [-0.25, -0.2) is 4.79 Å². The van der Waals surface area contributed by atoms with Crippen LogP contribution in [0.2, 0.25) is 0 Å². The molecule has 1 aliphatic carbocycles. The van der Waals surface area contributed by atoms with Crippen LogP contribution in [0.25, 0.3) is 0 Å². The van der Waals surface area contributed by atoms with E-state index in [1.165, 1.54) is 26.4 Å². The highest BCUT2D eigenvalue weighted by Crippen LogP contribution is 2.31. The Labute approximate surface area is 106 Å². The van der Waals surface area contributed by atoms with Crippen molar-refractivity contribution in [3.8, 4) is 0 Å². The van der Waals surface area contributed by atoms with Crippen LogP contribution >= 0.6 is 0 Å². The first-order chi connectivity index (χ1) is 8.63. The number of methoxy groups -OCH3 is 1. The Kier molecular flexibility index (Phi) is 3.89. The van der Waals surface area contributed by atoms with Gasteiger partial charge in [0.05, 0.1) is 7.11 Å². The molecule has 0 unspecified atom stereocenters. The molecular weight excluding hydrogens is 234 g/mol. The Morgan fingerprint density at radius 3 is 2.56 bits per heavy atom. The molecule has 0 aromatic heterocycles. The average Bonchev–Trinajstić information content (AvgIpc) is 2.38. The first-order valence-corrected chi connectivity index (χ1v) is 6.44. The number of carbonyl (C=O) groups excluding carboxylic acids is 2. The van der Waals surface area contributed by atoms with E-state index in [2.05, 4.69) is 10.1 Å². The minimum atomic E-state index is -0.771. The third-order valence-corrected chi connectivity index (χ3v) is 3.85. The van der Waals surface area contributed by atoms with Crippen LogP contribution in [0, 0.1) is 5.92 Å². The van der Waals surface area contributed by atoms with Crippen molar-refractivity contribution >= 4 is 11.9 Å². The minimum absolute atomic E-state index is 0.0498. The Morgan fingerprint density at radius 2 is 2.00 bits per heavy atom. The monoisotopic (exact) mass is 253 g/mol. The largest absolute Gasteiger partial charge is 0.511 e. The number of hydrogen-bond donors (Lipinski definition) is 2. The molecule has 1 heterocycles. The smallest absolute Gasteiger partial charge is 0.346 e. The lowest BCUT2D eigenvalue weighted by Crippen LogP contribution is -2.47. The number of amides is 1. The molecule has 2 N–H and O–H groups in total. The van der Waals surface area contributed by atoms with Gasteiger partial charge in [0.15, 0.2) is 5.57 Å².